The minimum Gasteiger partial charge on any atom is -0.437 e. The van der Waals surface area contributed by atoms with Gasteiger partial charge in [-0.05, 0) is 25.5 Å². The third kappa shape index (κ3) is 3.17. The van der Waals surface area contributed by atoms with E-state index in [1.165, 1.54) is 0 Å². The van der Waals surface area contributed by atoms with Crippen molar-refractivity contribution >= 4 is 11.6 Å². The second-order valence-corrected chi connectivity index (χ2v) is 4.27. The lowest BCUT2D eigenvalue weighted by Crippen LogP contribution is -1.98. The fourth-order valence-corrected chi connectivity index (χ4v) is 1.71. The van der Waals surface area contributed by atoms with Crippen LogP contribution in [0.5, 0.6) is 11.6 Å². The molecular formula is C13H14ClN3O. The molecule has 94 valence electrons. The molecule has 0 unspecified atom stereocenters. The predicted octanol–water partition coefficient (Wildman–Crippen LogP) is 3.58. The fraction of sp³-hybridized carbons (Fsp3) is 0.308. The van der Waals surface area contributed by atoms with Crippen LogP contribution in [0.3, 0.4) is 0 Å². The third-order valence-corrected chi connectivity index (χ3v) is 2.56. The molecule has 0 saturated carbocycles. The Morgan fingerprint density at radius 2 is 2.17 bits per heavy atom. The van der Waals surface area contributed by atoms with Crippen LogP contribution in [0.15, 0.2) is 24.4 Å². The molecule has 0 N–H and O–H groups in total. The van der Waals surface area contributed by atoms with Crippen molar-refractivity contribution < 1.29 is 4.74 Å². The van der Waals surface area contributed by atoms with E-state index in [4.69, 9.17) is 16.3 Å². The minimum absolute atomic E-state index is 0.394. The molecule has 0 aliphatic carbocycles. The topological polar surface area (TPSA) is 47.9 Å². The molecule has 0 aliphatic heterocycles. The molecule has 0 aromatic carbocycles. The minimum atomic E-state index is 0.394. The van der Waals surface area contributed by atoms with E-state index in [1.54, 1.807) is 12.3 Å². The number of rotatable bonds is 4. The molecule has 0 spiro atoms. The molecule has 18 heavy (non-hydrogen) atoms. The lowest BCUT2D eigenvalue weighted by Gasteiger charge is -2.08. The van der Waals surface area contributed by atoms with Crippen molar-refractivity contribution in [3.8, 4) is 11.6 Å². The summed E-state index contributed by atoms with van der Waals surface area (Å²) >= 11 is 5.95. The second-order valence-electron chi connectivity index (χ2n) is 3.88. The standard InChI is InChI=1S/C13H14ClN3O/c1-3-5-12-16-11(14)8-13(17-12)18-10-6-4-7-15-9(10)2/h4,6-8H,3,5H2,1-2H3. The van der Waals surface area contributed by atoms with E-state index in [0.717, 1.165) is 18.5 Å². The van der Waals surface area contributed by atoms with Crippen molar-refractivity contribution in [3.63, 3.8) is 0 Å². The van der Waals surface area contributed by atoms with Gasteiger partial charge in [0.05, 0.1) is 5.69 Å². The molecule has 0 aliphatic rings. The van der Waals surface area contributed by atoms with Gasteiger partial charge < -0.3 is 4.74 Å². The first-order valence-corrected chi connectivity index (χ1v) is 6.19. The largest absolute Gasteiger partial charge is 0.437 e. The summed E-state index contributed by atoms with van der Waals surface area (Å²) in [7, 11) is 0. The zero-order valence-electron chi connectivity index (χ0n) is 10.4. The molecule has 5 heteroatoms. The Bertz CT molecular complexity index is 546. The molecule has 2 rings (SSSR count). The molecule has 0 fully saturated rings. The van der Waals surface area contributed by atoms with Crippen LogP contribution >= 0.6 is 11.6 Å². The second kappa shape index (κ2) is 5.78. The summed E-state index contributed by atoms with van der Waals surface area (Å²) in [6.45, 7) is 3.95. The Kier molecular flexibility index (Phi) is 4.10. The number of hydrogen-bond acceptors (Lipinski definition) is 4. The highest BCUT2D eigenvalue weighted by Gasteiger charge is 2.06. The van der Waals surface area contributed by atoms with Crippen LogP contribution in [0.2, 0.25) is 5.15 Å². The Balaban J connectivity index is 2.26. The summed E-state index contributed by atoms with van der Waals surface area (Å²) in [5, 5.41) is 0.394. The van der Waals surface area contributed by atoms with Crippen LogP contribution in [0.1, 0.15) is 24.9 Å². The first-order valence-electron chi connectivity index (χ1n) is 5.82. The lowest BCUT2D eigenvalue weighted by molar-refractivity contribution is 0.452. The van der Waals surface area contributed by atoms with E-state index in [0.29, 0.717) is 22.6 Å². The zero-order valence-corrected chi connectivity index (χ0v) is 11.1. The molecule has 2 aromatic heterocycles. The van der Waals surface area contributed by atoms with Crippen LogP contribution in [0.25, 0.3) is 0 Å². The van der Waals surface area contributed by atoms with Crippen LogP contribution in [-0.2, 0) is 6.42 Å². The third-order valence-electron chi connectivity index (χ3n) is 2.36. The first kappa shape index (κ1) is 12.8. The number of aromatic nitrogens is 3. The maximum Gasteiger partial charge on any atom is 0.224 e. The van der Waals surface area contributed by atoms with Crippen LogP contribution in [0, 0.1) is 6.92 Å². The van der Waals surface area contributed by atoms with Crippen molar-refractivity contribution in [1.82, 2.24) is 15.0 Å². The molecule has 2 heterocycles. The molecule has 0 saturated heterocycles. The van der Waals surface area contributed by atoms with Crippen LogP contribution in [0.4, 0.5) is 0 Å². The predicted molar refractivity (Wildman–Crippen MR) is 70.1 cm³/mol. The average Bonchev–Trinajstić information content (AvgIpc) is 2.32. The van der Waals surface area contributed by atoms with Gasteiger partial charge in [0.25, 0.3) is 0 Å². The maximum absolute atomic E-state index is 5.95. The molecule has 0 bridgehead atoms. The van der Waals surface area contributed by atoms with Crippen molar-refractivity contribution in [1.29, 1.82) is 0 Å². The Morgan fingerprint density at radius 3 is 2.89 bits per heavy atom. The summed E-state index contributed by atoms with van der Waals surface area (Å²) in [5.74, 6) is 1.82. The Morgan fingerprint density at radius 1 is 1.33 bits per heavy atom. The summed E-state index contributed by atoms with van der Waals surface area (Å²) in [4.78, 5) is 12.6. The Labute approximate surface area is 111 Å². The summed E-state index contributed by atoms with van der Waals surface area (Å²) in [5.41, 5.74) is 0.810. The van der Waals surface area contributed by atoms with E-state index < -0.39 is 0 Å². The van der Waals surface area contributed by atoms with Gasteiger partial charge in [-0.25, -0.2) is 4.98 Å². The smallest absolute Gasteiger partial charge is 0.224 e. The summed E-state index contributed by atoms with van der Waals surface area (Å²) in [6, 6.07) is 5.27. The van der Waals surface area contributed by atoms with Gasteiger partial charge in [-0.3, -0.25) is 4.98 Å². The number of aryl methyl sites for hydroxylation is 2. The first-order chi connectivity index (χ1) is 8.69. The van der Waals surface area contributed by atoms with Crippen molar-refractivity contribution in [3.05, 3.63) is 41.1 Å². The Hall–Kier alpha value is -1.68. The van der Waals surface area contributed by atoms with Gasteiger partial charge in [0.1, 0.15) is 11.0 Å². The number of pyridine rings is 1. The van der Waals surface area contributed by atoms with Gasteiger partial charge >= 0.3 is 0 Å². The van der Waals surface area contributed by atoms with Crippen LogP contribution in [-0.4, -0.2) is 15.0 Å². The molecule has 0 atom stereocenters. The van der Waals surface area contributed by atoms with Gasteiger partial charge in [-0.1, -0.05) is 18.5 Å². The van der Waals surface area contributed by atoms with Crippen molar-refractivity contribution in [2.24, 2.45) is 0 Å². The quantitative estimate of drug-likeness (QED) is 0.791. The molecule has 2 aromatic rings. The highest BCUT2D eigenvalue weighted by Crippen LogP contribution is 2.23. The highest BCUT2D eigenvalue weighted by atomic mass is 35.5. The SMILES string of the molecule is CCCc1nc(Cl)cc(Oc2cccnc2C)n1. The summed E-state index contributed by atoms with van der Waals surface area (Å²) < 4.78 is 5.68. The van der Waals surface area contributed by atoms with Gasteiger partial charge in [0.15, 0.2) is 5.75 Å². The van der Waals surface area contributed by atoms with E-state index in [9.17, 15) is 0 Å². The normalized spacial score (nSPS) is 10.4. The van der Waals surface area contributed by atoms with E-state index >= 15 is 0 Å². The molecule has 4 nitrogen and oxygen atoms in total. The molecular weight excluding hydrogens is 250 g/mol. The lowest BCUT2D eigenvalue weighted by atomic mass is 10.3. The number of halogens is 1. The van der Waals surface area contributed by atoms with Crippen LogP contribution < -0.4 is 4.74 Å². The van der Waals surface area contributed by atoms with E-state index in [2.05, 4.69) is 21.9 Å². The monoisotopic (exact) mass is 263 g/mol. The maximum atomic E-state index is 5.95. The number of hydrogen-bond donors (Lipinski definition) is 0. The fourth-order valence-electron chi connectivity index (χ4n) is 1.52. The summed E-state index contributed by atoms with van der Waals surface area (Å²) in [6.07, 6.45) is 3.46. The molecule has 0 radical (unpaired) electrons. The average molecular weight is 264 g/mol. The van der Waals surface area contributed by atoms with Crippen molar-refractivity contribution in [2.45, 2.75) is 26.7 Å². The van der Waals surface area contributed by atoms with Crippen molar-refractivity contribution in [2.75, 3.05) is 0 Å². The van der Waals surface area contributed by atoms with E-state index in [-0.39, 0.29) is 0 Å². The zero-order chi connectivity index (χ0) is 13.0. The molecule has 0 amide bonds. The number of ether oxygens (including phenoxy) is 1. The van der Waals surface area contributed by atoms with Gasteiger partial charge in [0.2, 0.25) is 5.88 Å². The van der Waals surface area contributed by atoms with Gasteiger partial charge in [-0.2, -0.15) is 4.98 Å². The highest BCUT2D eigenvalue weighted by molar-refractivity contribution is 6.29. The van der Waals surface area contributed by atoms with Gasteiger partial charge in [0, 0.05) is 18.7 Å². The van der Waals surface area contributed by atoms with E-state index in [1.807, 2.05) is 19.1 Å². The number of nitrogens with zero attached hydrogens (tertiary/aromatic N) is 3. The van der Waals surface area contributed by atoms with Gasteiger partial charge in [-0.15, -0.1) is 0 Å².